The molecule has 0 fully saturated rings. The van der Waals surface area contributed by atoms with Crippen LogP contribution in [0.5, 0.6) is 0 Å². The largest absolute Gasteiger partial charge is 0.478 e. The van der Waals surface area contributed by atoms with Gasteiger partial charge in [-0.05, 0) is 30.7 Å². The number of fused-ring (bicyclic) bond motifs is 1. The molecule has 0 amide bonds. The van der Waals surface area contributed by atoms with Gasteiger partial charge in [0.25, 0.3) is 5.91 Å². The van der Waals surface area contributed by atoms with Gasteiger partial charge in [0, 0.05) is 6.42 Å². The Morgan fingerprint density at radius 1 is 1.04 bits per heavy atom. The third-order valence-corrected chi connectivity index (χ3v) is 3.69. The third kappa shape index (κ3) is 2.61. The minimum absolute atomic E-state index is 0.00210. The Kier molecular flexibility index (Phi) is 3.93. The van der Waals surface area contributed by atoms with E-state index in [0.29, 0.717) is 17.8 Å². The first-order valence-electron chi connectivity index (χ1n) is 7.47. The number of benzene rings is 2. The zero-order valence-corrected chi connectivity index (χ0v) is 12.7. The topological polar surface area (TPSA) is 72.2 Å². The van der Waals surface area contributed by atoms with Crippen LogP contribution in [0, 0.1) is 0 Å². The van der Waals surface area contributed by atoms with Gasteiger partial charge in [0.15, 0.2) is 0 Å². The van der Waals surface area contributed by atoms with Crippen LogP contribution in [0.1, 0.15) is 39.9 Å². The number of rotatable bonds is 4. The lowest BCUT2D eigenvalue weighted by Crippen LogP contribution is -2.18. The van der Waals surface area contributed by atoms with Gasteiger partial charge in [-0.1, -0.05) is 31.2 Å². The van der Waals surface area contributed by atoms with E-state index >= 15 is 0 Å². The number of carboxylic acids is 1. The van der Waals surface area contributed by atoms with Crippen LogP contribution in [0.4, 0.5) is 0 Å². The van der Waals surface area contributed by atoms with E-state index in [1.165, 1.54) is 16.7 Å². The molecule has 1 N–H and O–H groups in total. The molecule has 5 heteroatoms. The molecule has 23 heavy (non-hydrogen) atoms. The number of hydrogen-bond donors (Lipinski definition) is 1. The fourth-order valence-electron chi connectivity index (χ4n) is 2.67. The van der Waals surface area contributed by atoms with Gasteiger partial charge in [-0.25, -0.2) is 9.78 Å². The Hall–Kier alpha value is -2.95. The second-order valence-electron chi connectivity index (χ2n) is 5.26. The summed E-state index contributed by atoms with van der Waals surface area (Å²) in [4.78, 5) is 28.9. The van der Waals surface area contributed by atoms with Crippen LogP contribution in [0.2, 0.25) is 0 Å². The molecule has 0 aliphatic heterocycles. The first-order chi connectivity index (χ1) is 11.1. The number of aromatic carboxylic acids is 1. The van der Waals surface area contributed by atoms with E-state index in [-0.39, 0.29) is 17.0 Å². The van der Waals surface area contributed by atoms with Crippen molar-refractivity contribution in [2.45, 2.75) is 19.8 Å². The summed E-state index contributed by atoms with van der Waals surface area (Å²) in [6.07, 6.45) is 1.49. The molecular weight excluding hydrogens is 292 g/mol. The number of nitrogens with zero attached hydrogens (tertiary/aromatic N) is 2. The molecule has 3 rings (SSSR count). The SMILES string of the molecule is CCCc1nc2ccccc2n1C(=O)c1ccccc1C(=O)O. The van der Waals surface area contributed by atoms with E-state index in [4.69, 9.17) is 0 Å². The normalized spacial score (nSPS) is 10.8. The van der Waals surface area contributed by atoms with Crippen LogP contribution in [0.25, 0.3) is 11.0 Å². The Balaban J connectivity index is 2.22. The van der Waals surface area contributed by atoms with Gasteiger partial charge in [-0.3, -0.25) is 9.36 Å². The second-order valence-corrected chi connectivity index (χ2v) is 5.26. The van der Waals surface area contributed by atoms with Gasteiger partial charge < -0.3 is 5.11 Å². The maximum Gasteiger partial charge on any atom is 0.336 e. The minimum Gasteiger partial charge on any atom is -0.478 e. The molecule has 0 unspecified atom stereocenters. The maximum absolute atomic E-state index is 13.0. The monoisotopic (exact) mass is 308 g/mol. The Morgan fingerprint density at radius 2 is 1.70 bits per heavy atom. The van der Waals surface area contributed by atoms with Crippen LogP contribution in [-0.2, 0) is 6.42 Å². The maximum atomic E-state index is 13.0. The van der Waals surface area contributed by atoms with Gasteiger partial charge in [-0.15, -0.1) is 0 Å². The predicted molar refractivity (Wildman–Crippen MR) is 86.9 cm³/mol. The Labute approximate surface area is 133 Å². The van der Waals surface area contributed by atoms with Gasteiger partial charge in [0.1, 0.15) is 5.82 Å². The number of aromatic nitrogens is 2. The summed E-state index contributed by atoms with van der Waals surface area (Å²) in [6.45, 7) is 2.01. The summed E-state index contributed by atoms with van der Waals surface area (Å²) in [7, 11) is 0. The van der Waals surface area contributed by atoms with Gasteiger partial charge in [0.05, 0.1) is 22.2 Å². The molecule has 1 heterocycles. The number of carboxylic acid groups (broad SMARTS) is 1. The van der Waals surface area contributed by atoms with Crippen molar-refractivity contribution in [2.24, 2.45) is 0 Å². The Bertz CT molecular complexity index is 896. The van der Waals surface area contributed by atoms with Crippen molar-refractivity contribution >= 4 is 22.9 Å². The summed E-state index contributed by atoms with van der Waals surface area (Å²) in [5.74, 6) is -0.825. The highest BCUT2D eigenvalue weighted by atomic mass is 16.4. The quantitative estimate of drug-likeness (QED) is 0.802. The van der Waals surface area contributed by atoms with Crippen molar-refractivity contribution in [1.82, 2.24) is 9.55 Å². The lowest BCUT2D eigenvalue weighted by molar-refractivity contribution is 0.0691. The second kappa shape index (κ2) is 6.04. The summed E-state index contributed by atoms with van der Waals surface area (Å²) < 4.78 is 1.53. The van der Waals surface area contributed by atoms with Crippen LogP contribution in [-0.4, -0.2) is 26.5 Å². The van der Waals surface area contributed by atoms with Crippen molar-refractivity contribution in [2.75, 3.05) is 0 Å². The van der Waals surface area contributed by atoms with E-state index in [1.807, 2.05) is 31.2 Å². The molecule has 5 nitrogen and oxygen atoms in total. The molecule has 0 saturated heterocycles. The molecule has 2 aromatic carbocycles. The summed E-state index contributed by atoms with van der Waals surface area (Å²) >= 11 is 0. The molecule has 0 aliphatic carbocycles. The average molecular weight is 308 g/mol. The van der Waals surface area contributed by atoms with Crippen molar-refractivity contribution in [3.05, 3.63) is 65.5 Å². The summed E-state index contributed by atoms with van der Waals surface area (Å²) in [5.41, 5.74) is 1.59. The number of carbonyl (C=O) groups is 2. The van der Waals surface area contributed by atoms with Crippen LogP contribution in [0.3, 0.4) is 0 Å². The van der Waals surface area contributed by atoms with Crippen LogP contribution in [0.15, 0.2) is 48.5 Å². The number of imidazole rings is 1. The van der Waals surface area contributed by atoms with E-state index in [1.54, 1.807) is 12.1 Å². The predicted octanol–water partition coefficient (Wildman–Crippen LogP) is 3.38. The van der Waals surface area contributed by atoms with Gasteiger partial charge in [-0.2, -0.15) is 0 Å². The van der Waals surface area contributed by atoms with Crippen LogP contribution < -0.4 is 0 Å². The van der Waals surface area contributed by atoms with Crippen molar-refractivity contribution < 1.29 is 14.7 Å². The fraction of sp³-hybridized carbons (Fsp3) is 0.167. The highest BCUT2D eigenvalue weighted by Gasteiger charge is 2.22. The zero-order valence-electron chi connectivity index (χ0n) is 12.7. The van der Waals surface area contributed by atoms with Crippen molar-refractivity contribution in [3.63, 3.8) is 0 Å². The highest BCUT2D eigenvalue weighted by molar-refractivity contribution is 6.08. The highest BCUT2D eigenvalue weighted by Crippen LogP contribution is 2.20. The molecule has 0 aliphatic rings. The van der Waals surface area contributed by atoms with Gasteiger partial charge in [0.2, 0.25) is 0 Å². The zero-order chi connectivity index (χ0) is 16.4. The van der Waals surface area contributed by atoms with Crippen molar-refractivity contribution in [1.29, 1.82) is 0 Å². The number of aryl methyl sites for hydroxylation is 1. The lowest BCUT2D eigenvalue weighted by Gasteiger charge is -2.09. The molecule has 116 valence electrons. The number of carbonyl (C=O) groups excluding carboxylic acids is 1. The van der Waals surface area contributed by atoms with E-state index in [9.17, 15) is 14.7 Å². The first-order valence-corrected chi connectivity index (χ1v) is 7.47. The summed E-state index contributed by atoms with van der Waals surface area (Å²) in [6, 6.07) is 13.6. The molecule has 0 radical (unpaired) electrons. The first kappa shape index (κ1) is 15.0. The molecule has 3 aromatic rings. The molecule has 0 bridgehead atoms. The molecule has 0 spiro atoms. The van der Waals surface area contributed by atoms with Crippen LogP contribution >= 0.6 is 0 Å². The van der Waals surface area contributed by atoms with Crippen molar-refractivity contribution in [3.8, 4) is 0 Å². The van der Waals surface area contributed by atoms with E-state index < -0.39 is 5.97 Å². The summed E-state index contributed by atoms with van der Waals surface area (Å²) in [5, 5.41) is 9.32. The molecule has 0 saturated carbocycles. The standard InChI is InChI=1S/C18H16N2O3/c1-2-7-16-19-14-10-5-6-11-15(14)20(16)17(21)12-8-3-4-9-13(12)18(22)23/h3-6,8-11H,2,7H2,1H3,(H,22,23). The van der Waals surface area contributed by atoms with Gasteiger partial charge >= 0.3 is 5.97 Å². The third-order valence-electron chi connectivity index (χ3n) is 3.69. The minimum atomic E-state index is -1.12. The smallest absolute Gasteiger partial charge is 0.336 e. The number of para-hydroxylation sites is 2. The van der Waals surface area contributed by atoms with E-state index in [2.05, 4.69) is 4.98 Å². The molecule has 0 atom stereocenters. The fourth-order valence-corrected chi connectivity index (χ4v) is 2.67. The molecule has 1 aromatic heterocycles. The average Bonchev–Trinajstić information content (AvgIpc) is 2.92. The number of hydrogen-bond acceptors (Lipinski definition) is 3. The lowest BCUT2D eigenvalue weighted by atomic mass is 10.1. The molecular formula is C18H16N2O3. The van der Waals surface area contributed by atoms with E-state index in [0.717, 1.165) is 11.9 Å². The Morgan fingerprint density at radius 3 is 2.39 bits per heavy atom.